The van der Waals surface area contributed by atoms with Crippen molar-refractivity contribution in [2.24, 2.45) is 11.8 Å². The normalized spacial score (nSPS) is 30.7. The third-order valence-electron chi connectivity index (χ3n) is 5.10. The first-order chi connectivity index (χ1) is 12.0. The number of hydrogen-bond acceptors (Lipinski definition) is 6. The molecule has 2 saturated heterocycles. The zero-order valence-electron chi connectivity index (χ0n) is 13.5. The van der Waals surface area contributed by atoms with Gasteiger partial charge in [-0.25, -0.2) is 4.79 Å². The first-order valence-corrected chi connectivity index (χ1v) is 8.07. The Bertz CT molecular complexity index is 740. The molecule has 1 aromatic rings. The molecule has 0 aliphatic carbocycles. The van der Waals surface area contributed by atoms with E-state index in [2.05, 4.69) is 0 Å². The standard InChI is InChI=1S/C18H17NO6/c1-24-18(23)11(8-9-2-4-10(20)5-3-9)19-16(21)14-12-6-7-13(25-12)15(14)17(19)22/h2-7,11-15,20H,8H2,1H3/t11-,12?,13?,14?,15?/m0/s1. The van der Waals surface area contributed by atoms with Crippen molar-refractivity contribution < 1.29 is 29.0 Å². The number of carbonyl (C=O) groups is 3. The van der Waals surface area contributed by atoms with Crippen molar-refractivity contribution in [3.8, 4) is 5.75 Å². The summed E-state index contributed by atoms with van der Waals surface area (Å²) in [5.41, 5.74) is 0.711. The van der Waals surface area contributed by atoms with Crippen molar-refractivity contribution in [1.82, 2.24) is 4.90 Å². The topological polar surface area (TPSA) is 93.1 Å². The van der Waals surface area contributed by atoms with Crippen LogP contribution in [0.25, 0.3) is 0 Å². The zero-order chi connectivity index (χ0) is 17.7. The maximum Gasteiger partial charge on any atom is 0.329 e. The van der Waals surface area contributed by atoms with Crippen LogP contribution in [0.2, 0.25) is 0 Å². The number of fused-ring (bicyclic) bond motifs is 5. The zero-order valence-corrected chi connectivity index (χ0v) is 13.5. The lowest BCUT2D eigenvalue weighted by Crippen LogP contribution is -2.48. The van der Waals surface area contributed by atoms with Gasteiger partial charge in [0.2, 0.25) is 11.8 Å². The van der Waals surface area contributed by atoms with Gasteiger partial charge in [0.1, 0.15) is 11.8 Å². The van der Waals surface area contributed by atoms with E-state index in [1.165, 1.54) is 19.2 Å². The van der Waals surface area contributed by atoms with E-state index in [0.29, 0.717) is 5.56 Å². The molecule has 25 heavy (non-hydrogen) atoms. The van der Waals surface area contributed by atoms with Gasteiger partial charge in [-0.1, -0.05) is 24.3 Å². The Morgan fingerprint density at radius 1 is 1.16 bits per heavy atom. The highest BCUT2D eigenvalue weighted by atomic mass is 16.5. The Labute approximate surface area is 143 Å². The van der Waals surface area contributed by atoms with E-state index in [1.807, 2.05) is 0 Å². The second-order valence-electron chi connectivity index (χ2n) is 6.46. The average molecular weight is 343 g/mol. The molecule has 4 unspecified atom stereocenters. The summed E-state index contributed by atoms with van der Waals surface area (Å²) in [7, 11) is 1.23. The molecule has 0 aromatic heterocycles. The molecular formula is C18H17NO6. The highest BCUT2D eigenvalue weighted by Crippen LogP contribution is 2.45. The number of likely N-dealkylation sites (tertiary alicyclic amines) is 1. The fourth-order valence-corrected chi connectivity index (χ4v) is 3.91. The van der Waals surface area contributed by atoms with E-state index in [4.69, 9.17) is 9.47 Å². The van der Waals surface area contributed by atoms with Crippen LogP contribution in [0, 0.1) is 11.8 Å². The molecule has 2 fully saturated rings. The minimum absolute atomic E-state index is 0.0982. The Balaban J connectivity index is 1.64. The van der Waals surface area contributed by atoms with Crippen LogP contribution in [-0.4, -0.2) is 53.1 Å². The van der Waals surface area contributed by atoms with E-state index < -0.39 is 36.1 Å². The van der Waals surface area contributed by atoms with E-state index in [9.17, 15) is 19.5 Å². The second kappa shape index (κ2) is 5.70. The van der Waals surface area contributed by atoms with Gasteiger partial charge in [-0.2, -0.15) is 0 Å². The highest BCUT2D eigenvalue weighted by Gasteiger charge is 2.62. The average Bonchev–Trinajstić information content (AvgIpc) is 3.28. The number of ether oxygens (including phenoxy) is 2. The number of rotatable bonds is 4. The lowest BCUT2D eigenvalue weighted by molar-refractivity contribution is -0.158. The third-order valence-corrected chi connectivity index (χ3v) is 5.10. The van der Waals surface area contributed by atoms with Crippen molar-refractivity contribution in [3.05, 3.63) is 42.0 Å². The van der Waals surface area contributed by atoms with E-state index in [0.717, 1.165) is 4.90 Å². The monoisotopic (exact) mass is 343 g/mol. The molecule has 3 heterocycles. The van der Waals surface area contributed by atoms with E-state index in [-0.39, 0.29) is 24.0 Å². The maximum absolute atomic E-state index is 12.8. The molecule has 5 atom stereocenters. The molecule has 0 radical (unpaired) electrons. The molecule has 2 amide bonds. The van der Waals surface area contributed by atoms with Gasteiger partial charge in [0, 0.05) is 6.42 Å². The van der Waals surface area contributed by atoms with Crippen LogP contribution in [0.4, 0.5) is 0 Å². The van der Waals surface area contributed by atoms with Crippen LogP contribution in [0.3, 0.4) is 0 Å². The fourth-order valence-electron chi connectivity index (χ4n) is 3.91. The van der Waals surface area contributed by atoms with Gasteiger partial charge in [0.15, 0.2) is 0 Å². The molecule has 0 saturated carbocycles. The van der Waals surface area contributed by atoms with Crippen molar-refractivity contribution in [1.29, 1.82) is 0 Å². The lowest BCUT2D eigenvalue weighted by Gasteiger charge is -2.26. The number of aromatic hydroxyl groups is 1. The number of hydrogen-bond donors (Lipinski definition) is 1. The Hall–Kier alpha value is -2.67. The van der Waals surface area contributed by atoms with Gasteiger partial charge in [-0.05, 0) is 17.7 Å². The van der Waals surface area contributed by atoms with Gasteiger partial charge < -0.3 is 14.6 Å². The summed E-state index contributed by atoms with van der Waals surface area (Å²) in [5, 5.41) is 9.38. The lowest BCUT2D eigenvalue weighted by atomic mass is 9.85. The van der Waals surface area contributed by atoms with Crippen LogP contribution >= 0.6 is 0 Å². The number of benzene rings is 1. The SMILES string of the molecule is COC(=O)[C@H](Cc1ccc(O)cc1)N1C(=O)C2C3C=CC(O3)C2C1=O. The minimum Gasteiger partial charge on any atom is -0.508 e. The molecule has 3 aliphatic rings. The van der Waals surface area contributed by atoms with Crippen molar-refractivity contribution in [2.45, 2.75) is 24.7 Å². The number of phenols is 1. The first-order valence-electron chi connectivity index (χ1n) is 8.07. The minimum atomic E-state index is -1.03. The number of amides is 2. The maximum atomic E-state index is 12.8. The fraction of sp³-hybridized carbons (Fsp3) is 0.389. The Kier molecular flexibility index (Phi) is 3.61. The Morgan fingerprint density at radius 3 is 2.24 bits per heavy atom. The van der Waals surface area contributed by atoms with Crippen LogP contribution in [0.1, 0.15) is 5.56 Å². The van der Waals surface area contributed by atoms with Crippen LogP contribution in [-0.2, 0) is 30.3 Å². The van der Waals surface area contributed by atoms with Gasteiger partial charge in [-0.15, -0.1) is 0 Å². The van der Waals surface area contributed by atoms with Crippen LogP contribution in [0.5, 0.6) is 5.75 Å². The van der Waals surface area contributed by atoms with Gasteiger partial charge >= 0.3 is 5.97 Å². The smallest absolute Gasteiger partial charge is 0.329 e. The summed E-state index contributed by atoms with van der Waals surface area (Å²) in [4.78, 5) is 39.0. The third kappa shape index (κ3) is 2.34. The second-order valence-corrected chi connectivity index (χ2v) is 6.46. The molecule has 1 N–H and O–H groups in total. The van der Waals surface area contributed by atoms with E-state index >= 15 is 0 Å². The first kappa shape index (κ1) is 15.8. The summed E-state index contributed by atoms with van der Waals surface area (Å²) in [6, 6.07) is 5.24. The summed E-state index contributed by atoms with van der Waals surface area (Å²) in [6.45, 7) is 0. The number of imide groups is 1. The molecule has 7 nitrogen and oxygen atoms in total. The molecule has 7 heteroatoms. The van der Waals surface area contributed by atoms with Gasteiger partial charge in [-0.3, -0.25) is 14.5 Å². The van der Waals surface area contributed by atoms with Crippen LogP contribution in [0.15, 0.2) is 36.4 Å². The van der Waals surface area contributed by atoms with E-state index in [1.54, 1.807) is 24.3 Å². The molecule has 3 aliphatic heterocycles. The summed E-state index contributed by atoms with van der Waals surface area (Å²) >= 11 is 0. The number of carbonyl (C=O) groups excluding carboxylic acids is 3. The quantitative estimate of drug-likeness (QED) is 0.484. The molecule has 2 bridgehead atoms. The molecular weight excluding hydrogens is 326 g/mol. The van der Waals surface area contributed by atoms with Crippen molar-refractivity contribution in [3.63, 3.8) is 0 Å². The number of methoxy groups -OCH3 is 1. The number of nitrogens with zero attached hydrogens (tertiary/aromatic N) is 1. The van der Waals surface area contributed by atoms with Crippen molar-refractivity contribution in [2.75, 3.05) is 7.11 Å². The number of esters is 1. The Morgan fingerprint density at radius 2 is 1.72 bits per heavy atom. The van der Waals surface area contributed by atoms with Gasteiger partial charge in [0.25, 0.3) is 0 Å². The predicted molar refractivity (Wildman–Crippen MR) is 84.2 cm³/mol. The summed E-state index contributed by atoms with van der Waals surface area (Å²) in [6.07, 6.45) is 2.93. The highest BCUT2D eigenvalue weighted by molar-refractivity contribution is 6.09. The van der Waals surface area contributed by atoms with Gasteiger partial charge in [0.05, 0.1) is 31.2 Å². The van der Waals surface area contributed by atoms with Crippen molar-refractivity contribution >= 4 is 17.8 Å². The largest absolute Gasteiger partial charge is 0.508 e. The molecule has 130 valence electrons. The predicted octanol–water partition coefficient (Wildman–Crippen LogP) is 0.415. The molecule has 1 aromatic carbocycles. The molecule has 0 spiro atoms. The molecule has 4 rings (SSSR count). The summed E-state index contributed by atoms with van der Waals surface area (Å²) < 4.78 is 10.4. The van der Waals surface area contributed by atoms with Crippen LogP contribution < -0.4 is 0 Å². The summed E-state index contributed by atoms with van der Waals surface area (Å²) in [5.74, 6) is -2.44. The number of phenolic OH excluding ortho intramolecular Hbond substituents is 1.